The van der Waals surface area contributed by atoms with Crippen molar-refractivity contribution in [3.05, 3.63) is 64.1 Å². The summed E-state index contributed by atoms with van der Waals surface area (Å²) in [4.78, 5) is 16.4. The molecule has 1 aliphatic heterocycles. The van der Waals surface area contributed by atoms with Gasteiger partial charge < -0.3 is 10.2 Å². The van der Waals surface area contributed by atoms with Gasteiger partial charge in [-0.15, -0.1) is 16.4 Å². The van der Waals surface area contributed by atoms with Crippen molar-refractivity contribution in [1.29, 1.82) is 0 Å². The Kier molecular flexibility index (Phi) is 6.09. The van der Waals surface area contributed by atoms with Crippen LogP contribution in [0.25, 0.3) is 16.6 Å². The third kappa shape index (κ3) is 4.35. The van der Waals surface area contributed by atoms with E-state index in [0.29, 0.717) is 13.1 Å². The van der Waals surface area contributed by atoms with E-state index in [9.17, 15) is 4.79 Å². The Balaban J connectivity index is 1.37. The molecule has 1 aliphatic rings. The van der Waals surface area contributed by atoms with Gasteiger partial charge in [0.15, 0.2) is 5.82 Å². The van der Waals surface area contributed by atoms with Gasteiger partial charge in [0, 0.05) is 24.5 Å². The van der Waals surface area contributed by atoms with Gasteiger partial charge in [-0.3, -0.25) is 4.79 Å². The van der Waals surface area contributed by atoms with Gasteiger partial charge in [0.05, 0.1) is 28.4 Å². The Hall–Kier alpha value is -3.26. The molecular weight excluding hydrogens is 432 g/mol. The minimum atomic E-state index is -0.0578. The molecule has 0 spiro atoms. The fourth-order valence-electron chi connectivity index (χ4n) is 4.64. The van der Waals surface area contributed by atoms with Gasteiger partial charge in [0.25, 0.3) is 0 Å². The summed E-state index contributed by atoms with van der Waals surface area (Å²) < 4.78 is 1.96. The number of piperidine rings is 1. The molecule has 1 aromatic carbocycles. The first-order chi connectivity index (χ1) is 16.1. The standard InChI is InChI=1S/C25H28N6OS/c1-17-22-18(2)31(20-9-4-3-5-10-20)29-23(22)24(28-27-17)30-14-6-8-19(16-30)25(32)26-13-12-21-11-7-15-33-21/h3-5,7,9-11,15,19H,6,8,12-14,16H2,1-2H3,(H,26,32)/t19-/m0/s1. The monoisotopic (exact) mass is 460 g/mol. The van der Waals surface area contributed by atoms with Crippen LogP contribution in [0, 0.1) is 19.8 Å². The van der Waals surface area contributed by atoms with Gasteiger partial charge in [-0.2, -0.15) is 10.2 Å². The van der Waals surface area contributed by atoms with Crippen LogP contribution in [0.15, 0.2) is 47.8 Å². The molecule has 1 N–H and O–H groups in total. The molecule has 170 valence electrons. The van der Waals surface area contributed by atoms with Gasteiger partial charge >= 0.3 is 0 Å². The average molecular weight is 461 g/mol. The second-order valence-electron chi connectivity index (χ2n) is 8.57. The summed E-state index contributed by atoms with van der Waals surface area (Å²) in [5, 5.41) is 20.2. The van der Waals surface area contributed by atoms with E-state index in [4.69, 9.17) is 5.10 Å². The van der Waals surface area contributed by atoms with E-state index < -0.39 is 0 Å². The van der Waals surface area contributed by atoms with Crippen molar-refractivity contribution >= 4 is 34.0 Å². The van der Waals surface area contributed by atoms with Gasteiger partial charge in [-0.25, -0.2) is 4.68 Å². The van der Waals surface area contributed by atoms with Crippen molar-refractivity contribution in [2.45, 2.75) is 33.1 Å². The summed E-state index contributed by atoms with van der Waals surface area (Å²) in [5.41, 5.74) is 3.78. The number of aromatic nitrogens is 4. The highest BCUT2D eigenvalue weighted by Gasteiger charge is 2.29. The fraction of sp³-hybridized carbons (Fsp3) is 0.360. The first-order valence-corrected chi connectivity index (χ1v) is 12.3. The normalized spacial score (nSPS) is 16.3. The molecule has 0 aliphatic carbocycles. The quantitative estimate of drug-likeness (QED) is 0.469. The van der Waals surface area contributed by atoms with E-state index >= 15 is 0 Å². The number of anilines is 1. The van der Waals surface area contributed by atoms with Crippen molar-refractivity contribution in [3.63, 3.8) is 0 Å². The van der Waals surface area contributed by atoms with E-state index in [1.807, 2.05) is 48.0 Å². The third-order valence-corrected chi connectivity index (χ3v) is 7.26. The number of nitrogens with zero attached hydrogens (tertiary/aromatic N) is 5. The Morgan fingerprint density at radius 1 is 1.15 bits per heavy atom. The van der Waals surface area contributed by atoms with Crippen LogP contribution in [0.1, 0.15) is 29.1 Å². The number of carbonyl (C=O) groups excluding carboxylic acids is 1. The number of hydrogen-bond acceptors (Lipinski definition) is 6. The number of para-hydroxylation sites is 1. The van der Waals surface area contributed by atoms with Crippen molar-refractivity contribution < 1.29 is 4.79 Å². The van der Waals surface area contributed by atoms with Gasteiger partial charge in [0.1, 0.15) is 5.52 Å². The molecule has 1 saturated heterocycles. The third-order valence-electron chi connectivity index (χ3n) is 6.33. The highest BCUT2D eigenvalue weighted by Crippen LogP contribution is 2.31. The van der Waals surface area contributed by atoms with E-state index in [1.54, 1.807) is 11.3 Å². The number of thiophene rings is 1. The number of nitrogens with one attached hydrogen (secondary N) is 1. The predicted octanol–water partition coefficient (Wildman–Crippen LogP) is 4.07. The van der Waals surface area contributed by atoms with E-state index in [-0.39, 0.29) is 11.8 Å². The molecule has 1 amide bonds. The lowest BCUT2D eigenvalue weighted by Gasteiger charge is -2.32. The first kappa shape index (κ1) is 21.6. The highest BCUT2D eigenvalue weighted by atomic mass is 32.1. The molecule has 0 bridgehead atoms. The zero-order chi connectivity index (χ0) is 22.8. The Morgan fingerprint density at radius 2 is 2.00 bits per heavy atom. The first-order valence-electron chi connectivity index (χ1n) is 11.4. The summed E-state index contributed by atoms with van der Waals surface area (Å²) in [6.45, 7) is 6.20. The van der Waals surface area contributed by atoms with Crippen LogP contribution in [0.5, 0.6) is 0 Å². The maximum Gasteiger partial charge on any atom is 0.224 e. The summed E-state index contributed by atoms with van der Waals surface area (Å²) in [6.07, 6.45) is 2.71. The molecule has 33 heavy (non-hydrogen) atoms. The van der Waals surface area contributed by atoms with Crippen LogP contribution in [-0.4, -0.2) is 45.5 Å². The average Bonchev–Trinajstić information content (AvgIpc) is 3.48. The van der Waals surface area contributed by atoms with E-state index in [2.05, 4.69) is 38.8 Å². The SMILES string of the molecule is Cc1nnc(N2CCC[C@H](C(=O)NCCc3cccs3)C2)c2nn(-c3ccccc3)c(C)c12. The lowest BCUT2D eigenvalue weighted by Crippen LogP contribution is -2.44. The summed E-state index contributed by atoms with van der Waals surface area (Å²) in [6, 6.07) is 14.3. The van der Waals surface area contributed by atoms with E-state index in [0.717, 1.165) is 59.6 Å². The number of fused-ring (bicyclic) bond motifs is 1. The number of carbonyl (C=O) groups is 1. The van der Waals surface area contributed by atoms with Crippen LogP contribution < -0.4 is 10.2 Å². The summed E-state index contributed by atoms with van der Waals surface area (Å²) in [7, 11) is 0. The van der Waals surface area contributed by atoms with Crippen LogP contribution in [0.4, 0.5) is 5.82 Å². The molecule has 0 radical (unpaired) electrons. The number of aryl methyl sites for hydroxylation is 2. The molecule has 4 heterocycles. The minimum absolute atomic E-state index is 0.0578. The molecule has 7 nitrogen and oxygen atoms in total. The molecule has 0 unspecified atom stereocenters. The summed E-state index contributed by atoms with van der Waals surface area (Å²) in [5.74, 6) is 0.834. The minimum Gasteiger partial charge on any atom is -0.355 e. The molecule has 8 heteroatoms. The van der Waals surface area contributed by atoms with Gasteiger partial charge in [0.2, 0.25) is 5.91 Å². The zero-order valence-corrected chi connectivity index (χ0v) is 19.8. The number of amides is 1. The molecule has 1 fully saturated rings. The largest absolute Gasteiger partial charge is 0.355 e. The van der Waals surface area contributed by atoms with Crippen LogP contribution in [0.2, 0.25) is 0 Å². The van der Waals surface area contributed by atoms with Crippen LogP contribution in [0.3, 0.4) is 0 Å². The highest BCUT2D eigenvalue weighted by molar-refractivity contribution is 7.09. The molecule has 4 aromatic rings. The zero-order valence-electron chi connectivity index (χ0n) is 19.0. The van der Waals surface area contributed by atoms with Crippen molar-refractivity contribution in [2.24, 2.45) is 5.92 Å². The number of rotatable bonds is 6. The molecular formula is C25H28N6OS. The molecule has 1 atom stereocenters. The maximum atomic E-state index is 12.9. The number of benzene rings is 1. The van der Waals surface area contributed by atoms with Gasteiger partial charge in [-0.1, -0.05) is 24.3 Å². The Labute approximate surface area is 197 Å². The lowest BCUT2D eigenvalue weighted by atomic mass is 9.97. The second-order valence-corrected chi connectivity index (χ2v) is 9.60. The van der Waals surface area contributed by atoms with Crippen LogP contribution in [-0.2, 0) is 11.2 Å². The Morgan fingerprint density at radius 3 is 2.79 bits per heavy atom. The maximum absolute atomic E-state index is 12.9. The van der Waals surface area contributed by atoms with Crippen LogP contribution >= 0.6 is 11.3 Å². The molecule has 5 rings (SSSR count). The summed E-state index contributed by atoms with van der Waals surface area (Å²) >= 11 is 1.73. The van der Waals surface area contributed by atoms with Crippen molar-refractivity contribution in [3.8, 4) is 5.69 Å². The van der Waals surface area contributed by atoms with Crippen molar-refractivity contribution in [2.75, 3.05) is 24.5 Å². The fourth-order valence-corrected chi connectivity index (χ4v) is 5.35. The smallest absolute Gasteiger partial charge is 0.224 e. The van der Waals surface area contributed by atoms with Crippen molar-refractivity contribution in [1.82, 2.24) is 25.3 Å². The second kappa shape index (κ2) is 9.31. The number of hydrogen-bond donors (Lipinski definition) is 1. The van der Waals surface area contributed by atoms with E-state index in [1.165, 1.54) is 4.88 Å². The predicted molar refractivity (Wildman–Crippen MR) is 132 cm³/mol. The molecule has 3 aromatic heterocycles. The Bertz CT molecular complexity index is 1250. The molecule has 0 saturated carbocycles. The lowest BCUT2D eigenvalue weighted by molar-refractivity contribution is -0.125. The van der Waals surface area contributed by atoms with Gasteiger partial charge in [-0.05, 0) is 56.7 Å². The topological polar surface area (TPSA) is 75.9 Å².